The van der Waals surface area contributed by atoms with Crippen LogP contribution in [0.15, 0.2) is 24.3 Å². The Balaban J connectivity index is 3.57. The number of carbonyl (C=O) groups excluding carboxylic acids is 1. The van der Waals surface area contributed by atoms with Crippen LogP contribution in [0.4, 0.5) is 0 Å². The van der Waals surface area contributed by atoms with Crippen LogP contribution in [-0.4, -0.2) is 29.8 Å². The highest BCUT2D eigenvalue weighted by molar-refractivity contribution is 6.27. The Morgan fingerprint density at radius 2 is 0.707 bits per heavy atom. The van der Waals surface area contributed by atoms with Crippen molar-refractivity contribution in [1.82, 2.24) is 4.90 Å². The Morgan fingerprint density at radius 3 is 1.00 bits per heavy atom. The van der Waals surface area contributed by atoms with Gasteiger partial charge in [-0.25, -0.2) is 0 Å². The lowest BCUT2D eigenvalue weighted by Crippen LogP contribution is -2.33. The molecule has 242 valence electrons. The fourth-order valence-electron chi connectivity index (χ4n) is 5.55. The molecule has 3 heteroatoms. The number of hydrogen-bond donors (Lipinski definition) is 0. The highest BCUT2D eigenvalue weighted by Crippen LogP contribution is 2.13. The van der Waals surface area contributed by atoms with Crippen molar-refractivity contribution in [3.05, 3.63) is 24.3 Å². The molecular weight excluding hydrogens is 522 g/mol. The van der Waals surface area contributed by atoms with E-state index in [0.29, 0.717) is 0 Å². The summed E-state index contributed by atoms with van der Waals surface area (Å²) in [6.45, 7) is 6.34. The van der Waals surface area contributed by atoms with Crippen LogP contribution < -0.4 is 0 Å². The Bertz CT molecular complexity index is 531. The van der Waals surface area contributed by atoms with Crippen LogP contribution in [0.2, 0.25) is 0 Å². The second-order valence-electron chi connectivity index (χ2n) is 12.4. The van der Waals surface area contributed by atoms with E-state index in [1.807, 2.05) is 4.90 Å². The van der Waals surface area contributed by atoms with Crippen molar-refractivity contribution in [1.29, 1.82) is 0 Å². The minimum absolute atomic E-state index is 0.118. The van der Waals surface area contributed by atoms with Gasteiger partial charge in [0.1, 0.15) is 5.88 Å². The molecule has 0 saturated carbocycles. The fraction of sp³-hybridized carbons (Fsp3) is 0.868. The van der Waals surface area contributed by atoms with Crippen LogP contribution in [0.5, 0.6) is 0 Å². The van der Waals surface area contributed by atoms with Crippen LogP contribution in [0.1, 0.15) is 194 Å². The normalized spacial score (nSPS) is 11.8. The molecule has 41 heavy (non-hydrogen) atoms. The minimum atomic E-state index is 0.118. The van der Waals surface area contributed by atoms with E-state index in [0.717, 1.165) is 25.9 Å². The molecule has 0 bridgehead atoms. The Hall–Kier alpha value is -0.760. The maximum atomic E-state index is 12.3. The van der Waals surface area contributed by atoms with Crippen LogP contribution in [0.3, 0.4) is 0 Å². The largest absolute Gasteiger partial charge is 0.342 e. The van der Waals surface area contributed by atoms with Gasteiger partial charge in [-0.2, -0.15) is 0 Å². The zero-order valence-electron chi connectivity index (χ0n) is 28.0. The maximum absolute atomic E-state index is 12.3. The number of rotatable bonds is 33. The van der Waals surface area contributed by atoms with Crippen LogP contribution in [0.25, 0.3) is 0 Å². The molecule has 1 amide bonds. The quantitative estimate of drug-likeness (QED) is 0.0421. The molecule has 0 fully saturated rings. The molecule has 0 radical (unpaired) electrons. The lowest BCUT2D eigenvalue weighted by atomic mass is 10.1. The zero-order valence-corrected chi connectivity index (χ0v) is 28.7. The maximum Gasteiger partial charge on any atom is 0.237 e. The molecule has 0 aromatic rings. The van der Waals surface area contributed by atoms with Gasteiger partial charge in [0.05, 0.1) is 0 Å². The van der Waals surface area contributed by atoms with Crippen molar-refractivity contribution in [2.24, 2.45) is 0 Å². The lowest BCUT2D eigenvalue weighted by molar-refractivity contribution is -0.128. The molecule has 0 aromatic heterocycles. The summed E-state index contributed by atoms with van der Waals surface area (Å²) in [4.78, 5) is 14.3. The summed E-state index contributed by atoms with van der Waals surface area (Å²) in [7, 11) is 0. The second-order valence-corrected chi connectivity index (χ2v) is 12.7. The average Bonchev–Trinajstić information content (AvgIpc) is 2.99. The summed E-state index contributed by atoms with van der Waals surface area (Å²) in [6, 6.07) is 0. The van der Waals surface area contributed by atoms with Crippen LogP contribution >= 0.6 is 11.6 Å². The van der Waals surface area contributed by atoms with Crippen molar-refractivity contribution in [2.45, 2.75) is 194 Å². The van der Waals surface area contributed by atoms with E-state index in [9.17, 15) is 4.79 Å². The summed E-state index contributed by atoms with van der Waals surface area (Å²) in [5, 5.41) is 0. The molecule has 0 N–H and O–H groups in total. The van der Waals surface area contributed by atoms with Gasteiger partial charge in [-0.15, -0.1) is 11.6 Å². The van der Waals surface area contributed by atoms with Crippen molar-refractivity contribution in [2.75, 3.05) is 19.0 Å². The first-order valence-electron chi connectivity index (χ1n) is 18.4. The summed E-state index contributed by atoms with van der Waals surface area (Å²) in [5.41, 5.74) is 0. The molecule has 0 aliphatic carbocycles. The second kappa shape index (κ2) is 35.4. The highest BCUT2D eigenvalue weighted by Gasteiger charge is 2.11. The number of unbranched alkanes of at least 4 members (excludes halogenated alkanes) is 24. The van der Waals surface area contributed by atoms with Gasteiger partial charge < -0.3 is 4.90 Å². The first kappa shape index (κ1) is 40.2. The predicted molar refractivity (Wildman–Crippen MR) is 186 cm³/mol. The highest BCUT2D eigenvalue weighted by atomic mass is 35.5. The van der Waals surface area contributed by atoms with E-state index in [-0.39, 0.29) is 11.8 Å². The topological polar surface area (TPSA) is 20.3 Å². The summed E-state index contributed by atoms with van der Waals surface area (Å²) in [5.74, 6) is 0.242. The van der Waals surface area contributed by atoms with Crippen molar-refractivity contribution in [3.63, 3.8) is 0 Å². The summed E-state index contributed by atoms with van der Waals surface area (Å²) >= 11 is 5.90. The number of allylic oxidation sites excluding steroid dienone is 4. The molecule has 0 unspecified atom stereocenters. The summed E-state index contributed by atoms with van der Waals surface area (Å²) in [6.07, 6.45) is 46.5. The molecule has 0 aromatic carbocycles. The molecule has 0 aliphatic rings. The van der Waals surface area contributed by atoms with Gasteiger partial charge in [0.25, 0.3) is 0 Å². The molecular formula is C38H72ClNO. The molecule has 0 aliphatic heterocycles. The standard InChI is InChI=1S/C38H72ClNO/c1-3-5-7-9-11-13-15-17-19-21-23-25-27-29-31-33-35-40(38(41)37-39)36-34-32-30-28-26-24-22-20-18-16-14-12-10-8-6-4-2/h17-20H,3-16,21-37H2,1-2H3/b19-17-,20-18-. The average molecular weight is 594 g/mol. The van der Waals surface area contributed by atoms with Gasteiger partial charge in [0.2, 0.25) is 5.91 Å². The van der Waals surface area contributed by atoms with Crippen molar-refractivity contribution in [3.8, 4) is 0 Å². The predicted octanol–water partition coefficient (Wildman–Crippen LogP) is 13.1. The van der Waals surface area contributed by atoms with Crippen molar-refractivity contribution < 1.29 is 4.79 Å². The number of halogens is 1. The third-order valence-corrected chi connectivity index (χ3v) is 8.58. The first-order chi connectivity index (χ1) is 20.3. The Kier molecular flexibility index (Phi) is 34.8. The third-order valence-electron chi connectivity index (χ3n) is 8.35. The van der Waals surface area contributed by atoms with E-state index in [1.165, 1.54) is 167 Å². The molecule has 0 spiro atoms. The van der Waals surface area contributed by atoms with Gasteiger partial charge in [-0.3, -0.25) is 4.79 Å². The van der Waals surface area contributed by atoms with Gasteiger partial charge in [-0.05, 0) is 64.2 Å². The van der Waals surface area contributed by atoms with Crippen LogP contribution in [-0.2, 0) is 4.79 Å². The molecule has 0 heterocycles. The SMILES string of the molecule is CCCCCCCC/C=C\CCCCCCCCN(CCCCCCCC/C=C\CCCCCCCC)C(=O)CCl. The minimum Gasteiger partial charge on any atom is -0.342 e. The number of nitrogens with zero attached hydrogens (tertiary/aromatic N) is 1. The molecule has 0 rings (SSSR count). The third kappa shape index (κ3) is 32.0. The van der Waals surface area contributed by atoms with Gasteiger partial charge >= 0.3 is 0 Å². The number of hydrogen-bond acceptors (Lipinski definition) is 1. The lowest BCUT2D eigenvalue weighted by Gasteiger charge is -2.21. The molecule has 2 nitrogen and oxygen atoms in total. The zero-order chi connectivity index (χ0) is 29.9. The van der Waals surface area contributed by atoms with E-state index in [1.54, 1.807) is 0 Å². The smallest absolute Gasteiger partial charge is 0.237 e. The Morgan fingerprint density at radius 1 is 0.439 bits per heavy atom. The van der Waals surface area contributed by atoms with Crippen LogP contribution in [0, 0.1) is 0 Å². The van der Waals surface area contributed by atoms with Gasteiger partial charge in [0, 0.05) is 13.1 Å². The Labute approximate surface area is 263 Å². The van der Waals surface area contributed by atoms with E-state index in [4.69, 9.17) is 11.6 Å². The number of alkyl halides is 1. The number of carbonyl (C=O) groups is 1. The fourth-order valence-corrected chi connectivity index (χ4v) is 5.72. The monoisotopic (exact) mass is 594 g/mol. The summed E-state index contributed by atoms with van der Waals surface area (Å²) < 4.78 is 0. The number of amides is 1. The molecule has 0 saturated heterocycles. The van der Waals surface area contributed by atoms with E-state index < -0.39 is 0 Å². The first-order valence-corrected chi connectivity index (χ1v) is 18.9. The van der Waals surface area contributed by atoms with E-state index >= 15 is 0 Å². The van der Waals surface area contributed by atoms with Crippen molar-refractivity contribution >= 4 is 17.5 Å². The van der Waals surface area contributed by atoms with Gasteiger partial charge in [0.15, 0.2) is 0 Å². The molecule has 0 atom stereocenters. The van der Waals surface area contributed by atoms with E-state index in [2.05, 4.69) is 38.2 Å². The van der Waals surface area contributed by atoms with Gasteiger partial charge in [-0.1, -0.05) is 154 Å².